The van der Waals surface area contributed by atoms with Gasteiger partial charge in [-0.15, -0.1) is 0 Å². The third kappa shape index (κ3) is 2.04. The molecular weight excluding hydrogens is 306 g/mol. The summed E-state index contributed by atoms with van der Waals surface area (Å²) in [6, 6.07) is 7.99. The molecule has 0 aromatic heterocycles. The monoisotopic (exact) mass is 327 g/mol. The number of aryl methyl sites for hydroxylation is 1. The van der Waals surface area contributed by atoms with Crippen LogP contribution in [0.3, 0.4) is 0 Å². The van der Waals surface area contributed by atoms with Crippen molar-refractivity contribution in [3.05, 3.63) is 42.0 Å². The van der Waals surface area contributed by atoms with E-state index in [4.69, 9.17) is 9.47 Å². The van der Waals surface area contributed by atoms with Gasteiger partial charge in [-0.05, 0) is 31.0 Å². The Morgan fingerprint density at radius 3 is 2.75 bits per heavy atom. The number of benzene rings is 1. The summed E-state index contributed by atoms with van der Waals surface area (Å²) >= 11 is 0. The van der Waals surface area contributed by atoms with E-state index in [9.17, 15) is 9.59 Å². The zero-order valence-electron chi connectivity index (χ0n) is 13.9. The van der Waals surface area contributed by atoms with E-state index in [1.807, 2.05) is 36.4 Å². The van der Waals surface area contributed by atoms with Gasteiger partial charge in [0, 0.05) is 5.69 Å². The van der Waals surface area contributed by atoms with Crippen LogP contribution in [-0.4, -0.2) is 36.7 Å². The number of carbonyl (C=O) groups is 2. The van der Waals surface area contributed by atoms with E-state index in [-0.39, 0.29) is 18.0 Å². The minimum Gasteiger partial charge on any atom is -0.466 e. The predicted molar refractivity (Wildman–Crippen MR) is 88.5 cm³/mol. The van der Waals surface area contributed by atoms with Gasteiger partial charge in [-0.3, -0.25) is 9.59 Å². The molecule has 5 heteroatoms. The van der Waals surface area contributed by atoms with Gasteiger partial charge in [-0.25, -0.2) is 0 Å². The van der Waals surface area contributed by atoms with E-state index in [0.29, 0.717) is 13.2 Å². The molecule has 0 aliphatic carbocycles. The lowest BCUT2D eigenvalue weighted by molar-refractivity contribution is -0.151. The second kappa shape index (κ2) is 5.45. The van der Waals surface area contributed by atoms with E-state index in [1.165, 1.54) is 5.56 Å². The third-order valence-electron chi connectivity index (χ3n) is 5.32. The van der Waals surface area contributed by atoms with Crippen molar-refractivity contribution in [1.82, 2.24) is 0 Å². The number of hydrogen-bond acceptors (Lipinski definition) is 4. The highest BCUT2D eigenvalue weighted by Gasteiger charge is 2.67. The average molecular weight is 327 g/mol. The first kappa shape index (κ1) is 15.4. The molecule has 4 atom stereocenters. The Hall–Kier alpha value is -2.14. The summed E-state index contributed by atoms with van der Waals surface area (Å²) in [6.45, 7) is 4.63. The molecule has 4 rings (SSSR count). The molecule has 0 saturated carbocycles. The first-order valence-electron chi connectivity index (χ1n) is 8.54. The molecule has 0 radical (unpaired) electrons. The summed E-state index contributed by atoms with van der Waals surface area (Å²) in [5, 5.41) is 0. The summed E-state index contributed by atoms with van der Waals surface area (Å²) < 4.78 is 11.2. The Bertz CT molecular complexity index is 711. The van der Waals surface area contributed by atoms with Gasteiger partial charge in [0.15, 0.2) is 0 Å². The molecule has 24 heavy (non-hydrogen) atoms. The minimum absolute atomic E-state index is 0.0517. The SMILES string of the molecule is CCOC(=O)[C@H]1[C@@H]2C=C[C@]3(CN(c4ccc(CC)cc4)C(=O)[C@@H]13)O2. The zero-order chi connectivity index (χ0) is 16.9. The van der Waals surface area contributed by atoms with Crippen LogP contribution in [0, 0.1) is 11.8 Å². The summed E-state index contributed by atoms with van der Waals surface area (Å²) in [5.41, 5.74) is 1.39. The number of rotatable bonds is 4. The summed E-state index contributed by atoms with van der Waals surface area (Å²) in [6.07, 6.45) is 4.47. The van der Waals surface area contributed by atoms with Crippen LogP contribution in [0.2, 0.25) is 0 Å². The van der Waals surface area contributed by atoms with E-state index in [2.05, 4.69) is 6.92 Å². The molecular formula is C19H21NO4. The average Bonchev–Trinajstić information content (AvgIpc) is 3.23. The Kier molecular flexibility index (Phi) is 3.49. The Labute approximate surface area is 141 Å². The van der Waals surface area contributed by atoms with Crippen molar-refractivity contribution < 1.29 is 19.1 Å². The molecule has 126 valence electrons. The number of fused-ring (bicyclic) bond motifs is 1. The molecule has 2 bridgehead atoms. The second-order valence-corrected chi connectivity index (χ2v) is 6.60. The first-order valence-corrected chi connectivity index (χ1v) is 8.54. The van der Waals surface area contributed by atoms with Crippen molar-refractivity contribution in [2.45, 2.75) is 32.0 Å². The van der Waals surface area contributed by atoms with Gasteiger partial charge >= 0.3 is 5.97 Å². The molecule has 3 heterocycles. The number of ether oxygens (including phenoxy) is 2. The van der Waals surface area contributed by atoms with Gasteiger partial charge in [0.05, 0.1) is 25.2 Å². The van der Waals surface area contributed by atoms with Crippen LogP contribution in [0.4, 0.5) is 5.69 Å². The summed E-state index contributed by atoms with van der Waals surface area (Å²) in [4.78, 5) is 27.1. The van der Waals surface area contributed by atoms with Crippen molar-refractivity contribution in [1.29, 1.82) is 0 Å². The lowest BCUT2D eigenvalue weighted by Gasteiger charge is -2.22. The fourth-order valence-corrected chi connectivity index (χ4v) is 4.14. The van der Waals surface area contributed by atoms with Crippen LogP contribution >= 0.6 is 0 Å². The molecule has 2 fully saturated rings. The smallest absolute Gasteiger partial charge is 0.312 e. The van der Waals surface area contributed by atoms with Crippen LogP contribution in [0.15, 0.2) is 36.4 Å². The summed E-state index contributed by atoms with van der Waals surface area (Å²) in [7, 11) is 0. The fraction of sp³-hybridized carbons (Fsp3) is 0.474. The Morgan fingerprint density at radius 1 is 1.33 bits per heavy atom. The topological polar surface area (TPSA) is 55.8 Å². The maximum atomic E-state index is 13.0. The highest BCUT2D eigenvalue weighted by Crippen LogP contribution is 2.52. The van der Waals surface area contributed by atoms with Gasteiger partial charge in [-0.1, -0.05) is 31.2 Å². The largest absolute Gasteiger partial charge is 0.466 e. The van der Waals surface area contributed by atoms with E-state index in [0.717, 1.165) is 12.1 Å². The minimum atomic E-state index is -0.692. The zero-order valence-corrected chi connectivity index (χ0v) is 13.9. The van der Waals surface area contributed by atoms with Crippen LogP contribution in [-0.2, 0) is 25.5 Å². The van der Waals surface area contributed by atoms with Crippen molar-refractivity contribution >= 4 is 17.6 Å². The predicted octanol–water partition coefficient (Wildman–Crippen LogP) is 2.10. The van der Waals surface area contributed by atoms with Crippen molar-refractivity contribution in [2.75, 3.05) is 18.1 Å². The number of anilines is 1. The maximum Gasteiger partial charge on any atom is 0.312 e. The normalized spacial score (nSPS) is 33.2. The van der Waals surface area contributed by atoms with Gasteiger partial charge < -0.3 is 14.4 Å². The molecule has 3 aliphatic rings. The van der Waals surface area contributed by atoms with Crippen LogP contribution in [0.5, 0.6) is 0 Å². The standard InChI is InChI=1S/C19H21NO4/c1-3-12-5-7-13(8-6-12)20-11-19-10-9-14(24-19)15(16(19)17(20)21)18(22)23-4-2/h5-10,14-16H,3-4,11H2,1-2H3/t14-,15-,16+,19+/m0/s1. The lowest BCUT2D eigenvalue weighted by Crippen LogP contribution is -2.40. The molecule has 2 saturated heterocycles. The van der Waals surface area contributed by atoms with Gasteiger partial charge in [-0.2, -0.15) is 0 Å². The molecule has 0 N–H and O–H groups in total. The molecule has 3 aliphatic heterocycles. The number of nitrogens with zero attached hydrogens (tertiary/aromatic N) is 1. The molecule has 1 aromatic carbocycles. The molecule has 0 unspecified atom stereocenters. The quantitative estimate of drug-likeness (QED) is 0.628. The van der Waals surface area contributed by atoms with E-state index >= 15 is 0 Å². The van der Waals surface area contributed by atoms with Gasteiger partial charge in [0.25, 0.3) is 0 Å². The van der Waals surface area contributed by atoms with Crippen LogP contribution in [0.25, 0.3) is 0 Å². The van der Waals surface area contributed by atoms with Crippen molar-refractivity contribution in [3.63, 3.8) is 0 Å². The van der Waals surface area contributed by atoms with E-state index in [1.54, 1.807) is 11.8 Å². The highest BCUT2D eigenvalue weighted by atomic mass is 16.6. The maximum absolute atomic E-state index is 13.0. The number of esters is 1. The summed E-state index contributed by atoms with van der Waals surface area (Å²) in [5.74, 6) is -1.42. The fourth-order valence-electron chi connectivity index (χ4n) is 4.14. The molecule has 1 amide bonds. The third-order valence-corrected chi connectivity index (χ3v) is 5.32. The molecule has 5 nitrogen and oxygen atoms in total. The first-order chi connectivity index (χ1) is 11.6. The number of carbonyl (C=O) groups excluding carboxylic acids is 2. The van der Waals surface area contributed by atoms with Gasteiger partial charge in [0.2, 0.25) is 5.91 Å². The van der Waals surface area contributed by atoms with Crippen LogP contribution in [0.1, 0.15) is 19.4 Å². The Balaban J connectivity index is 1.65. The lowest BCUT2D eigenvalue weighted by atomic mass is 9.77. The molecule has 1 aromatic rings. The van der Waals surface area contributed by atoms with Crippen molar-refractivity contribution in [2.24, 2.45) is 11.8 Å². The molecule has 1 spiro atoms. The number of hydrogen-bond donors (Lipinski definition) is 0. The number of amides is 1. The second-order valence-electron chi connectivity index (χ2n) is 6.60. The van der Waals surface area contributed by atoms with E-state index < -0.39 is 17.4 Å². The van der Waals surface area contributed by atoms with Crippen molar-refractivity contribution in [3.8, 4) is 0 Å². The van der Waals surface area contributed by atoms with Gasteiger partial charge in [0.1, 0.15) is 11.5 Å². The van der Waals surface area contributed by atoms with Crippen LogP contribution < -0.4 is 4.90 Å². The highest BCUT2D eigenvalue weighted by molar-refractivity contribution is 6.02. The Morgan fingerprint density at radius 2 is 2.08 bits per heavy atom.